The van der Waals surface area contributed by atoms with Gasteiger partial charge in [0.15, 0.2) is 6.23 Å². The minimum atomic E-state index is -1.28. The van der Waals surface area contributed by atoms with Crippen LogP contribution in [0.25, 0.3) is 0 Å². The Bertz CT molecular complexity index is 1040. The number of aliphatic hydroxyl groups is 4. The lowest BCUT2D eigenvalue weighted by atomic mass is 9.43. The van der Waals surface area contributed by atoms with E-state index < -0.39 is 30.1 Å². The first kappa shape index (κ1) is 30.0. The van der Waals surface area contributed by atoms with Gasteiger partial charge in [0.2, 0.25) is 0 Å². The second-order valence-corrected chi connectivity index (χ2v) is 14.7. The Morgan fingerprint density at radius 1 is 1.05 bits per heavy atom. The fourth-order valence-corrected chi connectivity index (χ4v) is 10.3. The molecule has 0 aromatic carbocycles. The van der Waals surface area contributed by atoms with Crippen LogP contribution in [0.5, 0.6) is 0 Å². The lowest BCUT2D eigenvalue weighted by Gasteiger charge is -2.64. The van der Waals surface area contributed by atoms with Gasteiger partial charge < -0.3 is 29.9 Å². The van der Waals surface area contributed by atoms with Gasteiger partial charge in [-0.2, -0.15) is 5.06 Å². The van der Waals surface area contributed by atoms with E-state index in [1.165, 1.54) is 0 Å². The number of cyclic esters (lactones) is 1. The van der Waals surface area contributed by atoms with Crippen molar-refractivity contribution in [3.63, 3.8) is 0 Å². The maximum atomic E-state index is 12.5. The van der Waals surface area contributed by atoms with Crippen LogP contribution >= 0.6 is 0 Å². The molecule has 41 heavy (non-hydrogen) atoms. The zero-order chi connectivity index (χ0) is 29.3. The predicted octanol–water partition coefficient (Wildman–Crippen LogP) is 3.08. The van der Waals surface area contributed by atoms with E-state index in [1.54, 1.807) is 6.08 Å². The first-order valence-electron chi connectivity index (χ1n) is 16.1. The van der Waals surface area contributed by atoms with Gasteiger partial charge in [-0.1, -0.05) is 20.8 Å². The molecule has 4 aliphatic carbocycles. The molecule has 2 aliphatic heterocycles. The van der Waals surface area contributed by atoms with Crippen LogP contribution in [0.3, 0.4) is 0 Å². The SMILES string of the molecule is CCC(C)ON([C@H]1CC[C@@]2(C)[C@H](CC[C@@H]3[C@@H]2CC[C@]2(C)[C@@H](C4=CC(=O)OC4)CC[C@]32O)C1)[C@H]1OC[C@H](O)[C@@H](O)[C@@H]1O. The molecule has 5 fully saturated rings. The molecule has 1 saturated heterocycles. The molecule has 9 nitrogen and oxygen atoms in total. The number of hydrogen-bond donors (Lipinski definition) is 4. The summed E-state index contributed by atoms with van der Waals surface area (Å²) in [5.74, 6) is 1.08. The lowest BCUT2D eigenvalue weighted by Crippen LogP contribution is -2.64. The number of hydrogen-bond acceptors (Lipinski definition) is 9. The first-order chi connectivity index (χ1) is 19.4. The molecule has 0 aromatic rings. The van der Waals surface area contributed by atoms with E-state index in [4.69, 9.17) is 14.3 Å². The number of carbonyl (C=O) groups excluding carboxylic acids is 1. The van der Waals surface area contributed by atoms with E-state index in [2.05, 4.69) is 20.8 Å². The largest absolute Gasteiger partial charge is 0.458 e. The zero-order valence-electron chi connectivity index (χ0n) is 25.2. The summed E-state index contributed by atoms with van der Waals surface area (Å²) in [7, 11) is 0. The summed E-state index contributed by atoms with van der Waals surface area (Å²) < 4.78 is 11.2. The van der Waals surface area contributed by atoms with Gasteiger partial charge in [0.05, 0.1) is 18.3 Å². The van der Waals surface area contributed by atoms with E-state index in [0.717, 1.165) is 69.8 Å². The number of aliphatic hydroxyl groups excluding tert-OH is 3. The minimum Gasteiger partial charge on any atom is -0.458 e. The molecule has 9 heteroatoms. The Labute approximate surface area is 244 Å². The molecule has 232 valence electrons. The molecule has 0 bridgehead atoms. The summed E-state index contributed by atoms with van der Waals surface area (Å²) in [4.78, 5) is 18.2. The maximum absolute atomic E-state index is 12.5. The third-order valence-corrected chi connectivity index (χ3v) is 12.9. The van der Waals surface area contributed by atoms with Gasteiger partial charge in [0, 0.05) is 17.5 Å². The summed E-state index contributed by atoms with van der Waals surface area (Å²) >= 11 is 0. The summed E-state index contributed by atoms with van der Waals surface area (Å²) in [6, 6.07) is 0.0281. The van der Waals surface area contributed by atoms with Crippen LogP contribution in [-0.2, 0) is 19.1 Å². The number of hydroxylamine groups is 2. The standard InChI is InChI=1S/C32H51NO8/c1-5-18(2)41-33(29-28(37)27(36)25(34)17-40-29)21-8-11-30(3)20(15-21)6-7-24-23(30)9-12-31(4)22(10-13-32(24,31)38)19-14-26(35)39-16-19/h14,18,20-25,27-29,34,36-38H,5-13,15-17H2,1-4H3/t18?,20-,21+,22-,23+,24-,25+,27-,28+,29+,30+,31-,32+/m1/s1. The smallest absolute Gasteiger partial charge is 0.331 e. The number of ether oxygens (including phenoxy) is 2. The van der Waals surface area contributed by atoms with Gasteiger partial charge in [-0.3, -0.25) is 4.84 Å². The highest BCUT2D eigenvalue weighted by Crippen LogP contribution is 2.70. The van der Waals surface area contributed by atoms with Gasteiger partial charge in [0.1, 0.15) is 24.9 Å². The van der Waals surface area contributed by atoms with E-state index in [9.17, 15) is 25.2 Å². The molecular weight excluding hydrogens is 526 g/mol. The third kappa shape index (κ3) is 4.64. The highest BCUT2D eigenvalue weighted by Gasteiger charge is 2.68. The lowest BCUT2D eigenvalue weighted by molar-refractivity contribution is -0.347. The quantitative estimate of drug-likeness (QED) is 0.278. The van der Waals surface area contributed by atoms with Gasteiger partial charge in [0.25, 0.3) is 0 Å². The van der Waals surface area contributed by atoms with E-state index >= 15 is 0 Å². The average molecular weight is 578 g/mol. The highest BCUT2D eigenvalue weighted by molar-refractivity contribution is 5.85. The minimum absolute atomic E-state index is 0.0281. The topological polar surface area (TPSA) is 129 Å². The van der Waals surface area contributed by atoms with Crippen LogP contribution in [0.15, 0.2) is 11.6 Å². The average Bonchev–Trinajstić information content (AvgIpc) is 3.49. The van der Waals surface area contributed by atoms with Crippen LogP contribution in [0.1, 0.15) is 91.9 Å². The molecular formula is C32H51NO8. The Morgan fingerprint density at radius 3 is 2.54 bits per heavy atom. The van der Waals surface area contributed by atoms with Crippen molar-refractivity contribution in [3.8, 4) is 0 Å². The predicted molar refractivity (Wildman–Crippen MR) is 150 cm³/mol. The van der Waals surface area contributed by atoms with Crippen molar-refractivity contribution in [2.45, 2.75) is 134 Å². The second-order valence-electron chi connectivity index (χ2n) is 14.7. The number of esters is 1. The summed E-state index contributed by atoms with van der Waals surface area (Å²) in [6.07, 6.45) is 6.46. The van der Waals surface area contributed by atoms with Gasteiger partial charge in [-0.05, 0) is 106 Å². The van der Waals surface area contributed by atoms with E-state index in [0.29, 0.717) is 18.4 Å². The monoisotopic (exact) mass is 577 g/mol. The molecule has 13 atom stereocenters. The molecule has 1 unspecified atom stereocenters. The van der Waals surface area contributed by atoms with Crippen LogP contribution in [0, 0.1) is 34.5 Å². The van der Waals surface area contributed by atoms with Crippen LogP contribution in [0.2, 0.25) is 0 Å². The second kappa shape index (κ2) is 10.8. The Morgan fingerprint density at radius 2 is 1.83 bits per heavy atom. The highest BCUT2D eigenvalue weighted by atomic mass is 16.7. The fraction of sp³-hybridized carbons (Fsp3) is 0.906. The van der Waals surface area contributed by atoms with Crippen molar-refractivity contribution in [2.24, 2.45) is 34.5 Å². The molecule has 0 spiro atoms. The Kier molecular flexibility index (Phi) is 7.91. The number of rotatable bonds is 6. The normalized spacial score (nSPS) is 50.5. The summed E-state index contributed by atoms with van der Waals surface area (Å²) in [5.41, 5.74) is 0.193. The molecule has 0 radical (unpaired) electrons. The molecule has 0 amide bonds. The molecule has 6 rings (SSSR count). The van der Waals surface area contributed by atoms with Crippen LogP contribution in [-0.4, -0.2) is 87.0 Å². The van der Waals surface area contributed by atoms with E-state index in [1.807, 2.05) is 12.0 Å². The van der Waals surface area contributed by atoms with Crippen LogP contribution < -0.4 is 0 Å². The zero-order valence-corrected chi connectivity index (χ0v) is 25.2. The third-order valence-electron chi connectivity index (χ3n) is 12.9. The molecule has 0 aromatic heterocycles. The number of carbonyl (C=O) groups is 1. The van der Waals surface area contributed by atoms with E-state index in [-0.39, 0.29) is 47.4 Å². The maximum Gasteiger partial charge on any atom is 0.331 e. The van der Waals surface area contributed by atoms with Crippen molar-refractivity contribution in [2.75, 3.05) is 13.2 Å². The number of nitrogens with zero attached hydrogens (tertiary/aromatic N) is 1. The fourth-order valence-electron chi connectivity index (χ4n) is 10.3. The van der Waals surface area contributed by atoms with Crippen molar-refractivity contribution < 1.29 is 39.5 Å². The van der Waals surface area contributed by atoms with Crippen molar-refractivity contribution in [3.05, 3.63) is 11.6 Å². The summed E-state index contributed by atoms with van der Waals surface area (Å²) in [6.45, 7) is 9.10. The van der Waals surface area contributed by atoms with Crippen molar-refractivity contribution in [1.29, 1.82) is 0 Å². The van der Waals surface area contributed by atoms with Gasteiger partial charge >= 0.3 is 5.97 Å². The van der Waals surface area contributed by atoms with Gasteiger partial charge in [-0.25, -0.2) is 4.79 Å². The molecule has 2 heterocycles. The summed E-state index contributed by atoms with van der Waals surface area (Å²) in [5, 5.41) is 45.7. The molecule has 6 aliphatic rings. The van der Waals surface area contributed by atoms with Gasteiger partial charge in [-0.15, -0.1) is 0 Å². The van der Waals surface area contributed by atoms with Crippen molar-refractivity contribution >= 4 is 5.97 Å². The molecule has 4 saturated carbocycles. The van der Waals surface area contributed by atoms with Crippen molar-refractivity contribution in [1.82, 2.24) is 5.06 Å². The Balaban J connectivity index is 1.21. The first-order valence-corrected chi connectivity index (χ1v) is 16.1. The number of fused-ring (bicyclic) bond motifs is 5. The molecule has 4 N–H and O–H groups in total. The van der Waals surface area contributed by atoms with Crippen LogP contribution in [0.4, 0.5) is 0 Å². The Hall–Kier alpha value is -1.07.